The molecule has 0 saturated heterocycles. The Labute approximate surface area is 198 Å². The molecule has 2 N–H and O–H groups in total. The molecule has 0 aliphatic carbocycles. The minimum Gasteiger partial charge on any atom is -0.494 e. The average Bonchev–Trinajstić information content (AvgIpc) is 3.05. The van der Waals surface area contributed by atoms with Gasteiger partial charge in [-0.2, -0.15) is 0 Å². The molecule has 1 aliphatic heterocycles. The van der Waals surface area contributed by atoms with Gasteiger partial charge in [0, 0.05) is 18.3 Å². The van der Waals surface area contributed by atoms with Gasteiger partial charge in [0.05, 0.1) is 17.9 Å². The summed E-state index contributed by atoms with van der Waals surface area (Å²) in [7, 11) is 0. The maximum atomic E-state index is 13.5. The molecular formula is C27H25N3O4. The summed E-state index contributed by atoms with van der Waals surface area (Å²) in [6.07, 6.45) is 0. The Morgan fingerprint density at radius 3 is 2.21 bits per heavy atom. The summed E-state index contributed by atoms with van der Waals surface area (Å²) in [5, 5.41) is 5.85. The van der Waals surface area contributed by atoms with Crippen LogP contribution in [0.3, 0.4) is 0 Å². The van der Waals surface area contributed by atoms with Crippen LogP contribution in [0.5, 0.6) is 5.75 Å². The summed E-state index contributed by atoms with van der Waals surface area (Å²) < 4.78 is 5.49. The fourth-order valence-electron chi connectivity index (χ4n) is 3.78. The van der Waals surface area contributed by atoms with Gasteiger partial charge in [0.2, 0.25) is 5.91 Å². The highest BCUT2D eigenvalue weighted by Gasteiger charge is 2.40. The summed E-state index contributed by atoms with van der Waals surface area (Å²) in [5.74, 6) is -0.338. The van der Waals surface area contributed by atoms with Crippen LogP contribution in [-0.4, -0.2) is 24.3 Å². The SMILES string of the molecule is CCOc1ccc(NC2=C(c3ccc(NC(C)=O)cc3)C(=O)N(c3cccc(C)c3)C2=O)cc1. The van der Waals surface area contributed by atoms with Crippen LogP contribution in [0.25, 0.3) is 5.57 Å². The van der Waals surface area contributed by atoms with E-state index in [1.54, 1.807) is 60.7 Å². The Morgan fingerprint density at radius 2 is 1.59 bits per heavy atom. The van der Waals surface area contributed by atoms with Crippen LogP contribution in [0.15, 0.2) is 78.5 Å². The van der Waals surface area contributed by atoms with Crippen molar-refractivity contribution in [2.45, 2.75) is 20.8 Å². The number of ether oxygens (including phenoxy) is 1. The number of benzene rings is 3. The zero-order valence-corrected chi connectivity index (χ0v) is 19.2. The van der Waals surface area contributed by atoms with Crippen molar-refractivity contribution in [1.82, 2.24) is 0 Å². The van der Waals surface area contributed by atoms with E-state index in [9.17, 15) is 14.4 Å². The summed E-state index contributed by atoms with van der Waals surface area (Å²) >= 11 is 0. The van der Waals surface area contributed by atoms with Gasteiger partial charge in [0.15, 0.2) is 0 Å². The van der Waals surface area contributed by atoms with Crippen LogP contribution >= 0.6 is 0 Å². The highest BCUT2D eigenvalue weighted by molar-refractivity contribution is 6.46. The number of imide groups is 1. The number of hydrogen-bond acceptors (Lipinski definition) is 5. The van der Waals surface area contributed by atoms with E-state index in [0.717, 1.165) is 5.56 Å². The molecule has 3 aromatic carbocycles. The van der Waals surface area contributed by atoms with Gasteiger partial charge in [-0.1, -0.05) is 24.3 Å². The third-order valence-electron chi connectivity index (χ3n) is 5.27. The highest BCUT2D eigenvalue weighted by Crippen LogP contribution is 2.34. The van der Waals surface area contributed by atoms with Crippen LogP contribution in [0.2, 0.25) is 0 Å². The van der Waals surface area contributed by atoms with Crippen molar-refractivity contribution in [3.63, 3.8) is 0 Å². The van der Waals surface area contributed by atoms with Gasteiger partial charge >= 0.3 is 0 Å². The standard InChI is InChI=1S/C27H25N3O4/c1-4-34-23-14-12-21(13-15-23)29-25-24(19-8-10-20(11-9-19)28-18(3)31)26(32)30(27(25)33)22-7-5-6-17(2)16-22/h5-16,29H,4H2,1-3H3,(H,28,31). The molecule has 3 amide bonds. The number of aryl methyl sites for hydroxylation is 1. The molecular weight excluding hydrogens is 430 g/mol. The Morgan fingerprint density at radius 1 is 0.912 bits per heavy atom. The maximum absolute atomic E-state index is 13.5. The summed E-state index contributed by atoms with van der Waals surface area (Å²) in [4.78, 5) is 39.6. The van der Waals surface area contributed by atoms with Crippen LogP contribution in [0.4, 0.5) is 17.1 Å². The second-order valence-electron chi connectivity index (χ2n) is 7.88. The Kier molecular flexibility index (Phi) is 6.45. The van der Waals surface area contributed by atoms with Gasteiger partial charge in [0.25, 0.3) is 11.8 Å². The third kappa shape index (κ3) is 4.68. The van der Waals surface area contributed by atoms with Gasteiger partial charge in [0.1, 0.15) is 11.4 Å². The lowest BCUT2D eigenvalue weighted by atomic mass is 10.0. The van der Waals surface area contributed by atoms with Crippen LogP contribution in [0, 0.1) is 6.92 Å². The van der Waals surface area contributed by atoms with Crippen molar-refractivity contribution in [2.24, 2.45) is 0 Å². The molecule has 172 valence electrons. The first-order valence-corrected chi connectivity index (χ1v) is 10.9. The molecule has 0 radical (unpaired) electrons. The largest absolute Gasteiger partial charge is 0.494 e. The van der Waals surface area contributed by atoms with Gasteiger partial charge in [-0.3, -0.25) is 14.4 Å². The third-order valence-corrected chi connectivity index (χ3v) is 5.27. The topological polar surface area (TPSA) is 87.7 Å². The molecule has 0 atom stereocenters. The normalized spacial score (nSPS) is 13.3. The van der Waals surface area contributed by atoms with E-state index in [1.807, 2.05) is 26.0 Å². The number of carbonyl (C=O) groups is 3. The Bertz CT molecular complexity index is 1280. The van der Waals surface area contributed by atoms with Crippen molar-refractivity contribution in [3.8, 4) is 5.75 Å². The Balaban J connectivity index is 1.75. The second kappa shape index (κ2) is 9.62. The van der Waals surface area contributed by atoms with Crippen molar-refractivity contribution < 1.29 is 19.1 Å². The summed E-state index contributed by atoms with van der Waals surface area (Å²) in [6, 6.07) is 21.3. The van der Waals surface area contributed by atoms with Gasteiger partial charge < -0.3 is 15.4 Å². The molecule has 1 heterocycles. The van der Waals surface area contributed by atoms with Crippen molar-refractivity contribution in [1.29, 1.82) is 0 Å². The lowest BCUT2D eigenvalue weighted by Crippen LogP contribution is -2.32. The van der Waals surface area contributed by atoms with E-state index in [1.165, 1.54) is 11.8 Å². The predicted molar refractivity (Wildman–Crippen MR) is 133 cm³/mol. The smallest absolute Gasteiger partial charge is 0.282 e. The molecule has 0 spiro atoms. The van der Waals surface area contributed by atoms with Crippen molar-refractivity contribution in [2.75, 3.05) is 22.1 Å². The molecule has 0 aromatic heterocycles. The minimum absolute atomic E-state index is 0.183. The first-order chi connectivity index (χ1) is 16.4. The number of anilines is 3. The van der Waals surface area contributed by atoms with E-state index in [0.29, 0.717) is 35.0 Å². The van der Waals surface area contributed by atoms with Crippen LogP contribution < -0.4 is 20.3 Å². The van der Waals surface area contributed by atoms with Gasteiger partial charge in [-0.05, 0) is 73.5 Å². The van der Waals surface area contributed by atoms with E-state index in [4.69, 9.17) is 4.74 Å². The molecule has 0 saturated carbocycles. The number of nitrogens with one attached hydrogen (secondary N) is 2. The van der Waals surface area contributed by atoms with Gasteiger partial charge in [-0.15, -0.1) is 0 Å². The molecule has 0 bridgehead atoms. The Hall–Kier alpha value is -4.39. The highest BCUT2D eigenvalue weighted by atomic mass is 16.5. The van der Waals surface area contributed by atoms with E-state index in [2.05, 4.69) is 10.6 Å². The van der Waals surface area contributed by atoms with Crippen molar-refractivity contribution >= 4 is 40.4 Å². The minimum atomic E-state index is -0.439. The second-order valence-corrected chi connectivity index (χ2v) is 7.88. The zero-order chi connectivity index (χ0) is 24.2. The van der Waals surface area contributed by atoms with E-state index >= 15 is 0 Å². The predicted octanol–water partition coefficient (Wildman–Crippen LogP) is 4.75. The average molecular weight is 456 g/mol. The maximum Gasteiger partial charge on any atom is 0.282 e. The number of rotatable bonds is 7. The number of hydrogen-bond donors (Lipinski definition) is 2. The number of nitrogens with zero attached hydrogens (tertiary/aromatic N) is 1. The summed E-state index contributed by atoms with van der Waals surface area (Å²) in [5.41, 5.74) is 3.70. The summed E-state index contributed by atoms with van der Waals surface area (Å²) in [6.45, 7) is 5.79. The first kappa shape index (κ1) is 22.8. The first-order valence-electron chi connectivity index (χ1n) is 10.9. The molecule has 7 heteroatoms. The zero-order valence-electron chi connectivity index (χ0n) is 19.2. The molecule has 4 rings (SSSR count). The monoisotopic (exact) mass is 455 g/mol. The number of amides is 3. The van der Waals surface area contributed by atoms with E-state index in [-0.39, 0.29) is 17.2 Å². The van der Waals surface area contributed by atoms with Gasteiger partial charge in [-0.25, -0.2) is 4.90 Å². The fourth-order valence-corrected chi connectivity index (χ4v) is 3.78. The molecule has 1 aliphatic rings. The molecule has 34 heavy (non-hydrogen) atoms. The van der Waals surface area contributed by atoms with Crippen molar-refractivity contribution in [3.05, 3.63) is 89.6 Å². The van der Waals surface area contributed by atoms with Crippen LogP contribution in [-0.2, 0) is 14.4 Å². The van der Waals surface area contributed by atoms with Crippen LogP contribution in [0.1, 0.15) is 25.0 Å². The fraction of sp³-hybridized carbons (Fsp3) is 0.148. The quantitative estimate of drug-likeness (QED) is 0.502. The molecule has 0 unspecified atom stereocenters. The molecule has 0 fully saturated rings. The molecule has 7 nitrogen and oxygen atoms in total. The lowest BCUT2D eigenvalue weighted by molar-refractivity contribution is -0.120. The molecule has 3 aromatic rings. The number of carbonyl (C=O) groups excluding carboxylic acids is 3. The lowest BCUT2D eigenvalue weighted by Gasteiger charge is -2.16. The van der Waals surface area contributed by atoms with E-state index < -0.39 is 11.8 Å².